The van der Waals surface area contributed by atoms with Crippen LogP contribution in [0.2, 0.25) is 0 Å². The standard InChI is InChI=1S/C18H25N3O2.ClH/c1-19-12-14-5-3-9-20(13-14)18(23)15-6-2-7-16(11-15)21-10-4-8-17(21)22;/h2,6-7,11,14,19H,3-5,8-10,12-13H2,1H3;1H. The molecular weight excluding hydrogens is 326 g/mol. The number of halogens is 1. The molecule has 2 fully saturated rings. The van der Waals surface area contributed by atoms with E-state index in [1.807, 2.05) is 36.2 Å². The molecule has 132 valence electrons. The lowest BCUT2D eigenvalue weighted by atomic mass is 9.97. The largest absolute Gasteiger partial charge is 0.338 e. The number of hydrogen-bond acceptors (Lipinski definition) is 3. The Kier molecular flexibility index (Phi) is 6.63. The van der Waals surface area contributed by atoms with Crippen LogP contribution in [-0.4, -0.2) is 49.9 Å². The fraction of sp³-hybridized carbons (Fsp3) is 0.556. The van der Waals surface area contributed by atoms with Crippen LogP contribution in [0.25, 0.3) is 0 Å². The van der Waals surface area contributed by atoms with Crippen molar-refractivity contribution in [1.29, 1.82) is 0 Å². The highest BCUT2D eigenvalue weighted by Gasteiger charge is 2.26. The molecule has 2 amide bonds. The molecule has 0 spiro atoms. The van der Waals surface area contributed by atoms with Gasteiger partial charge in [-0.15, -0.1) is 12.4 Å². The molecule has 5 nitrogen and oxygen atoms in total. The van der Waals surface area contributed by atoms with Gasteiger partial charge in [0.25, 0.3) is 5.91 Å². The maximum Gasteiger partial charge on any atom is 0.253 e. The molecular formula is C18H26ClN3O2. The van der Waals surface area contributed by atoms with Gasteiger partial charge >= 0.3 is 0 Å². The molecule has 0 aliphatic carbocycles. The van der Waals surface area contributed by atoms with Crippen molar-refractivity contribution < 1.29 is 9.59 Å². The van der Waals surface area contributed by atoms with Gasteiger partial charge in [-0.1, -0.05) is 6.07 Å². The van der Waals surface area contributed by atoms with Crippen molar-refractivity contribution in [3.05, 3.63) is 29.8 Å². The lowest BCUT2D eigenvalue weighted by Crippen LogP contribution is -2.42. The SMILES string of the molecule is CNCC1CCCN(C(=O)c2cccc(N3CCCC3=O)c2)C1.Cl. The van der Waals surface area contributed by atoms with Gasteiger partial charge in [-0.2, -0.15) is 0 Å². The van der Waals surface area contributed by atoms with E-state index in [1.165, 1.54) is 6.42 Å². The molecule has 1 aromatic carbocycles. The number of hydrogen-bond donors (Lipinski definition) is 1. The normalized spacial score (nSPS) is 20.9. The van der Waals surface area contributed by atoms with Gasteiger partial charge in [-0.3, -0.25) is 9.59 Å². The molecule has 2 heterocycles. The highest BCUT2D eigenvalue weighted by atomic mass is 35.5. The first-order valence-corrected chi connectivity index (χ1v) is 8.53. The maximum atomic E-state index is 12.8. The van der Waals surface area contributed by atoms with Gasteiger partial charge in [0.15, 0.2) is 0 Å². The number of piperidine rings is 1. The first-order valence-electron chi connectivity index (χ1n) is 8.53. The van der Waals surface area contributed by atoms with E-state index in [9.17, 15) is 9.59 Å². The van der Waals surface area contributed by atoms with Crippen molar-refractivity contribution >= 4 is 29.9 Å². The Labute approximate surface area is 149 Å². The number of carbonyl (C=O) groups excluding carboxylic acids is 2. The van der Waals surface area contributed by atoms with E-state index in [2.05, 4.69) is 5.32 Å². The summed E-state index contributed by atoms with van der Waals surface area (Å²) in [7, 11) is 1.96. The second kappa shape index (κ2) is 8.49. The van der Waals surface area contributed by atoms with Crippen LogP contribution in [-0.2, 0) is 4.79 Å². The molecule has 6 heteroatoms. The zero-order valence-corrected chi connectivity index (χ0v) is 15.0. The molecule has 24 heavy (non-hydrogen) atoms. The second-order valence-corrected chi connectivity index (χ2v) is 6.52. The molecule has 2 aliphatic heterocycles. The van der Waals surface area contributed by atoms with Gasteiger partial charge in [0.05, 0.1) is 0 Å². The average Bonchev–Trinajstić information content (AvgIpc) is 3.01. The lowest BCUT2D eigenvalue weighted by Gasteiger charge is -2.33. The third-order valence-corrected chi connectivity index (χ3v) is 4.78. The highest BCUT2D eigenvalue weighted by Crippen LogP contribution is 2.24. The third-order valence-electron chi connectivity index (χ3n) is 4.78. The third kappa shape index (κ3) is 4.08. The van der Waals surface area contributed by atoms with Crippen molar-refractivity contribution in [3.8, 4) is 0 Å². The molecule has 1 unspecified atom stereocenters. The summed E-state index contributed by atoms with van der Waals surface area (Å²) in [5.41, 5.74) is 1.54. The van der Waals surface area contributed by atoms with Crippen molar-refractivity contribution in [2.45, 2.75) is 25.7 Å². The fourth-order valence-electron chi connectivity index (χ4n) is 3.62. The number of nitrogens with zero attached hydrogens (tertiary/aromatic N) is 2. The Morgan fingerprint density at radius 3 is 2.83 bits per heavy atom. The van der Waals surface area contributed by atoms with Crippen molar-refractivity contribution in [2.24, 2.45) is 5.92 Å². The van der Waals surface area contributed by atoms with E-state index < -0.39 is 0 Å². The van der Waals surface area contributed by atoms with Crippen LogP contribution in [0.4, 0.5) is 5.69 Å². The van der Waals surface area contributed by atoms with E-state index in [4.69, 9.17) is 0 Å². The summed E-state index contributed by atoms with van der Waals surface area (Å²) in [5.74, 6) is 0.766. The second-order valence-electron chi connectivity index (χ2n) is 6.52. The minimum Gasteiger partial charge on any atom is -0.338 e. The van der Waals surface area contributed by atoms with E-state index in [-0.39, 0.29) is 24.2 Å². The van der Waals surface area contributed by atoms with Gasteiger partial charge in [0, 0.05) is 37.3 Å². The number of anilines is 1. The van der Waals surface area contributed by atoms with Crippen LogP contribution in [0.5, 0.6) is 0 Å². The van der Waals surface area contributed by atoms with Crippen LogP contribution in [0, 0.1) is 5.92 Å². The van der Waals surface area contributed by atoms with Crippen molar-refractivity contribution in [2.75, 3.05) is 38.1 Å². The Hall–Kier alpha value is -1.59. The van der Waals surface area contributed by atoms with E-state index in [0.29, 0.717) is 17.9 Å². The number of rotatable bonds is 4. The molecule has 0 radical (unpaired) electrons. The molecule has 3 rings (SSSR count). The molecule has 1 N–H and O–H groups in total. The zero-order chi connectivity index (χ0) is 16.2. The van der Waals surface area contributed by atoms with Gasteiger partial charge < -0.3 is 15.1 Å². The minimum absolute atomic E-state index is 0. The molecule has 0 saturated carbocycles. The number of likely N-dealkylation sites (tertiary alicyclic amines) is 1. The first-order chi connectivity index (χ1) is 11.2. The predicted octanol–water partition coefficient (Wildman–Crippen LogP) is 2.31. The Bertz CT molecular complexity index is 591. The summed E-state index contributed by atoms with van der Waals surface area (Å²) in [6.45, 7) is 3.34. The molecule has 0 bridgehead atoms. The van der Waals surface area contributed by atoms with Crippen LogP contribution >= 0.6 is 12.4 Å². The molecule has 2 saturated heterocycles. The molecule has 1 aromatic rings. The number of amides is 2. The zero-order valence-electron chi connectivity index (χ0n) is 14.2. The Balaban J connectivity index is 0.00000208. The number of benzene rings is 1. The lowest BCUT2D eigenvalue weighted by molar-refractivity contribution is -0.117. The summed E-state index contributed by atoms with van der Waals surface area (Å²) in [5, 5.41) is 3.21. The molecule has 2 aliphatic rings. The Morgan fingerprint density at radius 1 is 1.29 bits per heavy atom. The highest BCUT2D eigenvalue weighted by molar-refractivity contribution is 5.99. The van der Waals surface area contributed by atoms with Gasteiger partial charge in [-0.25, -0.2) is 0 Å². The molecule has 0 aromatic heterocycles. The van der Waals surface area contributed by atoms with Crippen LogP contribution in [0.3, 0.4) is 0 Å². The van der Waals surface area contributed by atoms with E-state index in [1.54, 1.807) is 4.90 Å². The van der Waals surface area contributed by atoms with Crippen LogP contribution < -0.4 is 10.2 Å². The van der Waals surface area contributed by atoms with E-state index >= 15 is 0 Å². The smallest absolute Gasteiger partial charge is 0.253 e. The van der Waals surface area contributed by atoms with Crippen LogP contribution in [0.15, 0.2) is 24.3 Å². The number of carbonyl (C=O) groups is 2. The predicted molar refractivity (Wildman–Crippen MR) is 97.8 cm³/mol. The monoisotopic (exact) mass is 351 g/mol. The quantitative estimate of drug-likeness (QED) is 0.905. The first kappa shape index (κ1) is 18.7. The molecule has 1 atom stereocenters. The van der Waals surface area contributed by atoms with Gasteiger partial charge in [-0.05, 0) is 57.0 Å². The van der Waals surface area contributed by atoms with Crippen molar-refractivity contribution in [1.82, 2.24) is 10.2 Å². The van der Waals surface area contributed by atoms with E-state index in [0.717, 1.165) is 44.7 Å². The van der Waals surface area contributed by atoms with Gasteiger partial charge in [0.1, 0.15) is 0 Å². The Morgan fingerprint density at radius 2 is 2.12 bits per heavy atom. The summed E-state index contributed by atoms with van der Waals surface area (Å²) >= 11 is 0. The summed E-state index contributed by atoms with van der Waals surface area (Å²) < 4.78 is 0. The number of nitrogens with one attached hydrogen (secondary N) is 1. The summed E-state index contributed by atoms with van der Waals surface area (Å²) in [4.78, 5) is 28.4. The summed E-state index contributed by atoms with van der Waals surface area (Å²) in [6, 6.07) is 7.52. The fourth-order valence-corrected chi connectivity index (χ4v) is 3.62. The van der Waals surface area contributed by atoms with Crippen molar-refractivity contribution in [3.63, 3.8) is 0 Å². The maximum absolute atomic E-state index is 12.8. The summed E-state index contributed by atoms with van der Waals surface area (Å²) in [6.07, 6.45) is 3.74. The van der Waals surface area contributed by atoms with Gasteiger partial charge in [0.2, 0.25) is 5.91 Å². The minimum atomic E-state index is 0. The average molecular weight is 352 g/mol. The topological polar surface area (TPSA) is 52.7 Å². The van der Waals surface area contributed by atoms with Crippen LogP contribution in [0.1, 0.15) is 36.0 Å².